The molecule has 1 atom stereocenters. The second-order valence-electron chi connectivity index (χ2n) is 5.18. The molecule has 24 heavy (non-hydrogen) atoms. The zero-order chi connectivity index (χ0) is 18.1. The molecule has 2 rings (SSSR count). The first kappa shape index (κ1) is 18.5. The molecule has 0 aliphatic heterocycles. The highest BCUT2D eigenvalue weighted by Crippen LogP contribution is 2.38. The van der Waals surface area contributed by atoms with Crippen molar-refractivity contribution in [1.82, 2.24) is 4.98 Å². The lowest BCUT2D eigenvalue weighted by Gasteiger charge is -2.29. The van der Waals surface area contributed by atoms with E-state index in [0.29, 0.717) is 5.56 Å². The molecular formula is C15H14ClF3N2O2S. The highest BCUT2D eigenvalue weighted by molar-refractivity contribution is 7.92. The first-order valence-corrected chi connectivity index (χ1v) is 9.00. The smallest absolute Gasteiger partial charge is 0.264 e. The Bertz CT molecular complexity index is 826. The quantitative estimate of drug-likeness (QED) is 0.797. The number of aromatic nitrogens is 1. The van der Waals surface area contributed by atoms with Crippen LogP contribution in [0.15, 0.2) is 42.7 Å². The minimum atomic E-state index is -4.61. The summed E-state index contributed by atoms with van der Waals surface area (Å²) in [4.78, 5) is 3.93. The van der Waals surface area contributed by atoms with Crippen molar-refractivity contribution < 1.29 is 21.6 Å². The third-order valence-corrected chi connectivity index (χ3v) is 4.94. The molecule has 0 aliphatic carbocycles. The normalized spacial score (nSPS) is 13.6. The molecule has 4 nitrogen and oxygen atoms in total. The van der Waals surface area contributed by atoms with Crippen LogP contribution in [0.1, 0.15) is 24.1 Å². The molecule has 0 fully saturated rings. The molecular weight excluding hydrogens is 365 g/mol. The van der Waals surface area contributed by atoms with E-state index in [9.17, 15) is 21.6 Å². The van der Waals surface area contributed by atoms with Crippen molar-refractivity contribution in [2.45, 2.75) is 19.1 Å². The van der Waals surface area contributed by atoms with Gasteiger partial charge in [-0.1, -0.05) is 17.7 Å². The lowest BCUT2D eigenvalue weighted by atomic mass is 10.1. The Kier molecular flexibility index (Phi) is 5.10. The van der Waals surface area contributed by atoms with Crippen molar-refractivity contribution in [3.8, 4) is 0 Å². The van der Waals surface area contributed by atoms with Gasteiger partial charge in [-0.3, -0.25) is 9.29 Å². The fourth-order valence-electron chi connectivity index (χ4n) is 2.33. The number of sulfonamides is 1. The van der Waals surface area contributed by atoms with Gasteiger partial charge in [0.2, 0.25) is 10.0 Å². The van der Waals surface area contributed by atoms with Gasteiger partial charge in [-0.25, -0.2) is 8.42 Å². The van der Waals surface area contributed by atoms with Crippen LogP contribution in [0.5, 0.6) is 0 Å². The van der Waals surface area contributed by atoms with Crippen molar-refractivity contribution in [2.24, 2.45) is 0 Å². The van der Waals surface area contributed by atoms with Crippen molar-refractivity contribution >= 4 is 27.3 Å². The van der Waals surface area contributed by atoms with E-state index >= 15 is 0 Å². The van der Waals surface area contributed by atoms with Gasteiger partial charge in [0.05, 0.1) is 28.6 Å². The first-order valence-electron chi connectivity index (χ1n) is 6.78. The SMILES string of the molecule is CC(c1cccnc1)N(c1ccc(C(F)(F)F)c(Cl)c1)S(C)(=O)=O. The Morgan fingerprint density at radius 3 is 2.38 bits per heavy atom. The summed E-state index contributed by atoms with van der Waals surface area (Å²) in [7, 11) is -3.76. The molecule has 0 amide bonds. The Hall–Kier alpha value is -1.80. The van der Waals surface area contributed by atoms with Gasteiger partial charge in [0.15, 0.2) is 0 Å². The van der Waals surface area contributed by atoms with E-state index in [2.05, 4.69) is 4.98 Å². The molecule has 0 spiro atoms. The number of alkyl halides is 3. The summed E-state index contributed by atoms with van der Waals surface area (Å²) < 4.78 is 63.8. The lowest BCUT2D eigenvalue weighted by Crippen LogP contribution is -2.32. The van der Waals surface area contributed by atoms with Crippen LogP contribution in [-0.4, -0.2) is 19.7 Å². The van der Waals surface area contributed by atoms with Crippen LogP contribution >= 0.6 is 11.6 Å². The average molecular weight is 379 g/mol. The third kappa shape index (κ3) is 3.99. The maximum atomic E-state index is 12.8. The molecule has 0 aliphatic rings. The topological polar surface area (TPSA) is 50.3 Å². The summed E-state index contributed by atoms with van der Waals surface area (Å²) >= 11 is 5.71. The number of anilines is 1. The van der Waals surface area contributed by atoms with Crippen LogP contribution in [0.25, 0.3) is 0 Å². The monoisotopic (exact) mass is 378 g/mol. The van der Waals surface area contributed by atoms with E-state index in [-0.39, 0.29) is 5.69 Å². The van der Waals surface area contributed by atoms with E-state index in [1.54, 1.807) is 19.1 Å². The Labute approximate surface area is 142 Å². The number of nitrogens with zero attached hydrogens (tertiary/aromatic N) is 2. The second kappa shape index (κ2) is 6.60. The molecule has 1 heterocycles. The summed E-state index contributed by atoms with van der Waals surface area (Å²) in [5, 5.41) is -0.563. The van der Waals surface area contributed by atoms with E-state index in [0.717, 1.165) is 28.8 Å². The summed E-state index contributed by atoms with van der Waals surface area (Å²) in [6.45, 7) is 1.61. The van der Waals surface area contributed by atoms with Gasteiger partial charge in [-0.2, -0.15) is 13.2 Å². The Balaban J connectivity index is 2.53. The van der Waals surface area contributed by atoms with Crippen molar-refractivity contribution in [3.63, 3.8) is 0 Å². The van der Waals surface area contributed by atoms with E-state index in [1.807, 2.05) is 0 Å². The van der Waals surface area contributed by atoms with Crippen LogP contribution in [0.3, 0.4) is 0 Å². The van der Waals surface area contributed by atoms with E-state index in [4.69, 9.17) is 11.6 Å². The van der Waals surface area contributed by atoms with Crippen molar-refractivity contribution in [2.75, 3.05) is 10.6 Å². The van der Waals surface area contributed by atoms with Crippen LogP contribution < -0.4 is 4.31 Å². The van der Waals surface area contributed by atoms with E-state index in [1.165, 1.54) is 12.4 Å². The Morgan fingerprint density at radius 2 is 1.92 bits per heavy atom. The molecule has 1 unspecified atom stereocenters. The largest absolute Gasteiger partial charge is 0.417 e. The second-order valence-corrected chi connectivity index (χ2v) is 7.45. The zero-order valence-corrected chi connectivity index (χ0v) is 14.3. The molecule has 0 radical (unpaired) electrons. The van der Waals surface area contributed by atoms with Crippen molar-refractivity contribution in [3.05, 3.63) is 58.9 Å². The standard InChI is InChI=1S/C15H14ClF3N2O2S/c1-10(11-4-3-7-20-9-11)21(24(2,22)23)12-5-6-13(14(16)8-12)15(17,18)19/h3-10H,1-2H3. The molecule has 130 valence electrons. The van der Waals surface area contributed by atoms with Crippen molar-refractivity contribution in [1.29, 1.82) is 0 Å². The number of rotatable bonds is 4. The van der Waals surface area contributed by atoms with Crippen LogP contribution in [0, 0.1) is 0 Å². The number of hydrogen-bond acceptors (Lipinski definition) is 3. The summed E-state index contributed by atoms with van der Waals surface area (Å²) in [6.07, 6.45) is -0.601. The van der Waals surface area contributed by atoms with Gasteiger partial charge < -0.3 is 0 Å². The summed E-state index contributed by atoms with van der Waals surface area (Å²) in [5.74, 6) is 0. The molecule has 1 aromatic heterocycles. The lowest BCUT2D eigenvalue weighted by molar-refractivity contribution is -0.137. The van der Waals surface area contributed by atoms with Gasteiger partial charge >= 0.3 is 6.18 Å². The van der Waals surface area contributed by atoms with Gasteiger partial charge in [-0.15, -0.1) is 0 Å². The van der Waals surface area contributed by atoms with Crippen LogP contribution in [-0.2, 0) is 16.2 Å². The van der Waals surface area contributed by atoms with Gasteiger partial charge in [0.1, 0.15) is 0 Å². The molecule has 0 N–H and O–H groups in total. The fourth-order valence-corrected chi connectivity index (χ4v) is 3.81. The zero-order valence-electron chi connectivity index (χ0n) is 12.7. The highest BCUT2D eigenvalue weighted by atomic mass is 35.5. The maximum Gasteiger partial charge on any atom is 0.417 e. The average Bonchev–Trinajstić information content (AvgIpc) is 2.45. The molecule has 0 saturated heterocycles. The van der Waals surface area contributed by atoms with Gasteiger partial charge in [0.25, 0.3) is 0 Å². The fraction of sp³-hybridized carbons (Fsp3) is 0.267. The Morgan fingerprint density at radius 1 is 1.25 bits per heavy atom. The van der Waals surface area contributed by atoms with Gasteiger partial charge in [0, 0.05) is 12.4 Å². The molecule has 0 saturated carbocycles. The predicted molar refractivity (Wildman–Crippen MR) is 86.4 cm³/mol. The number of pyridine rings is 1. The van der Waals surface area contributed by atoms with Crippen LogP contribution in [0.2, 0.25) is 5.02 Å². The maximum absolute atomic E-state index is 12.8. The molecule has 1 aromatic carbocycles. The number of hydrogen-bond donors (Lipinski definition) is 0. The number of benzene rings is 1. The van der Waals surface area contributed by atoms with Crippen LogP contribution in [0.4, 0.5) is 18.9 Å². The first-order chi connectivity index (χ1) is 11.0. The molecule has 9 heteroatoms. The summed E-state index contributed by atoms with van der Waals surface area (Å²) in [6, 6.07) is 5.52. The third-order valence-electron chi connectivity index (χ3n) is 3.39. The van der Waals surface area contributed by atoms with Gasteiger partial charge in [-0.05, 0) is 36.8 Å². The highest BCUT2D eigenvalue weighted by Gasteiger charge is 2.34. The molecule has 0 bridgehead atoms. The predicted octanol–water partition coefficient (Wildman–Crippen LogP) is 4.28. The molecule has 2 aromatic rings. The van der Waals surface area contributed by atoms with E-state index < -0.39 is 32.8 Å². The minimum Gasteiger partial charge on any atom is -0.264 e. The minimum absolute atomic E-state index is 0.0480. The number of halogens is 4. The summed E-state index contributed by atoms with van der Waals surface area (Å²) in [5.41, 5.74) is -0.374.